The highest BCUT2D eigenvalue weighted by Crippen LogP contribution is 2.46. The van der Waals surface area contributed by atoms with Gasteiger partial charge in [0.15, 0.2) is 0 Å². The van der Waals surface area contributed by atoms with E-state index in [-0.39, 0.29) is 17.2 Å². The number of carbonyl (C=O) groups excluding carboxylic acids is 2. The number of fused-ring (bicyclic) bond motifs is 5. The van der Waals surface area contributed by atoms with E-state index in [9.17, 15) is 0 Å². The molecule has 0 radical (unpaired) electrons. The lowest BCUT2D eigenvalue weighted by atomic mass is 9.93. The van der Waals surface area contributed by atoms with Crippen LogP contribution in [0.3, 0.4) is 0 Å². The lowest BCUT2D eigenvalue weighted by Crippen LogP contribution is -2.35. The Morgan fingerprint density at radius 1 is 0.451 bits per heavy atom. The van der Waals surface area contributed by atoms with Crippen molar-refractivity contribution < 1.29 is 9.59 Å². The van der Waals surface area contributed by atoms with Gasteiger partial charge in [0, 0.05) is 47.9 Å². The van der Waals surface area contributed by atoms with E-state index >= 15 is 9.59 Å². The number of allylic oxidation sites excluding steroid dienone is 3. The molecule has 0 bridgehead atoms. The van der Waals surface area contributed by atoms with Gasteiger partial charge in [0.25, 0.3) is 11.8 Å². The molecule has 5 heterocycles. The molecule has 504 valence electrons. The highest BCUT2D eigenvalue weighted by atomic mass is 32.1. The van der Waals surface area contributed by atoms with E-state index in [1.807, 2.05) is 28.7 Å². The molecule has 8 heteroatoms. The van der Waals surface area contributed by atoms with Crippen LogP contribution < -0.4 is 20.2 Å². The first-order valence-electron chi connectivity index (χ1n) is 38.0. The Bertz CT molecular complexity index is 3140. The second-order valence-electron chi connectivity index (χ2n) is 29.4. The van der Waals surface area contributed by atoms with Gasteiger partial charge >= 0.3 is 0 Å². The summed E-state index contributed by atoms with van der Waals surface area (Å²) in [5, 5.41) is 4.54. The number of rotatable bonds is 49. The maximum atomic E-state index is 16.0. The molecule has 2 atom stereocenters. The van der Waals surface area contributed by atoms with Gasteiger partial charge < -0.3 is 9.80 Å². The normalized spacial score (nSPS) is 14.6. The second-order valence-corrected chi connectivity index (χ2v) is 33.1. The molecule has 0 N–H and O–H groups in total. The molecule has 2 aliphatic rings. The fourth-order valence-electron chi connectivity index (χ4n) is 14.3. The van der Waals surface area contributed by atoms with Crippen molar-refractivity contribution in [2.24, 2.45) is 17.8 Å². The van der Waals surface area contributed by atoms with Crippen LogP contribution in [0.2, 0.25) is 0 Å². The van der Waals surface area contributed by atoms with E-state index in [2.05, 4.69) is 133 Å². The third-order valence-electron chi connectivity index (χ3n) is 19.9. The second kappa shape index (κ2) is 40.8. The summed E-state index contributed by atoms with van der Waals surface area (Å²) in [5.74, 6) is 1.35. The van der Waals surface area contributed by atoms with E-state index < -0.39 is 0 Å². The van der Waals surface area contributed by atoms with E-state index in [1.165, 1.54) is 266 Å². The number of thiophene rings is 3. The number of hydrogen-bond donors (Lipinski definition) is 1. The summed E-state index contributed by atoms with van der Waals surface area (Å²) in [6.45, 7) is 22.0. The number of hydrogen-bond acceptors (Lipinski definition) is 6. The third kappa shape index (κ3) is 23.4. The molecule has 0 fully saturated rings. The van der Waals surface area contributed by atoms with Gasteiger partial charge in [-0.05, 0) is 102 Å². The van der Waals surface area contributed by atoms with Crippen LogP contribution in [-0.2, 0) is 15.0 Å². The molecule has 4 nitrogen and oxygen atoms in total. The van der Waals surface area contributed by atoms with Crippen molar-refractivity contribution in [2.75, 3.05) is 22.9 Å². The predicted octanol–water partition coefficient (Wildman–Crippen LogP) is 26.1. The lowest BCUT2D eigenvalue weighted by Gasteiger charge is -2.27. The van der Waals surface area contributed by atoms with Crippen LogP contribution in [-0.4, -0.2) is 24.9 Å². The van der Waals surface area contributed by atoms with Crippen molar-refractivity contribution in [2.45, 2.75) is 325 Å². The third-order valence-corrected chi connectivity index (χ3v) is 24.5. The SMILES string of the molecule is CCCCCCCCCCCCC(CCCCCCCCCC)CN1C(=O)C(/C(S)=C/C=C/C(C)C)=c2cc3c(cc21)=C(c1ccc(-c2cc4ccc5cc(C(C)(C)C)sc5c4s2)s1)C(=O)N3CC(CCCCCCCCCC)CCCCCCCCCCCC. The number of anilines is 2. The summed E-state index contributed by atoms with van der Waals surface area (Å²) in [7, 11) is 0. The van der Waals surface area contributed by atoms with E-state index in [0.717, 1.165) is 57.9 Å². The molecule has 2 aromatic carbocycles. The zero-order valence-corrected chi connectivity index (χ0v) is 62.5. The van der Waals surface area contributed by atoms with Crippen molar-refractivity contribution in [3.63, 3.8) is 0 Å². The molecule has 0 spiro atoms. The van der Waals surface area contributed by atoms with Crippen molar-refractivity contribution in [3.05, 3.63) is 91.9 Å². The smallest absolute Gasteiger partial charge is 0.260 e. The van der Waals surface area contributed by atoms with Crippen LogP contribution in [0.25, 0.3) is 41.1 Å². The fourth-order valence-corrected chi connectivity index (χ4v) is 18.2. The number of benzene rings is 2. The topological polar surface area (TPSA) is 40.6 Å². The van der Waals surface area contributed by atoms with Crippen LogP contribution in [0.4, 0.5) is 11.4 Å². The molecule has 0 saturated heterocycles. The maximum Gasteiger partial charge on any atom is 0.260 e. The molecule has 0 saturated carbocycles. The molecule has 5 aromatic rings. The summed E-state index contributed by atoms with van der Waals surface area (Å²) < 4.78 is 2.73. The van der Waals surface area contributed by atoms with Crippen molar-refractivity contribution >= 4 is 101 Å². The average molecular weight is 1310 g/mol. The number of unbranched alkanes of at least 4 members (excludes halogenated alkanes) is 32. The molecule has 2 amide bonds. The Balaban J connectivity index is 1.26. The number of thiol groups is 1. The highest BCUT2D eigenvalue weighted by Gasteiger charge is 2.38. The van der Waals surface area contributed by atoms with Crippen LogP contribution in [0.1, 0.15) is 329 Å². The van der Waals surface area contributed by atoms with Crippen LogP contribution in [0.5, 0.6) is 0 Å². The summed E-state index contributed by atoms with van der Waals surface area (Å²) in [5.41, 5.74) is 3.51. The predicted molar refractivity (Wildman–Crippen MR) is 411 cm³/mol. The van der Waals surface area contributed by atoms with E-state index in [1.54, 1.807) is 11.3 Å². The quantitative estimate of drug-likeness (QED) is 0.0239. The van der Waals surface area contributed by atoms with Crippen LogP contribution in [0, 0.1) is 17.8 Å². The van der Waals surface area contributed by atoms with Crippen LogP contribution in [0.15, 0.2) is 71.7 Å². The van der Waals surface area contributed by atoms with Crippen molar-refractivity contribution in [1.29, 1.82) is 0 Å². The maximum absolute atomic E-state index is 16.0. The minimum Gasteiger partial charge on any atom is -0.307 e. The summed E-state index contributed by atoms with van der Waals surface area (Å²) in [6, 6.07) is 18.5. The first-order chi connectivity index (χ1) is 44.3. The van der Waals surface area contributed by atoms with E-state index in [0.29, 0.717) is 41.3 Å². The van der Waals surface area contributed by atoms with Crippen molar-refractivity contribution in [3.8, 4) is 9.75 Å². The standard InChI is InChI=1S/C83H126N2O2S4/c1-10-14-18-22-26-30-32-36-40-44-49-64(48-42-38-34-28-24-20-16-12-3)61-84-70-60-69-71(59-68(70)77(81(84)86)72(88)52-46-47-63(5)6)85(62-65(50-43-39-35-29-25-21-17-13-4)51-45-41-37-33-31-27-23-19-15-11-2)82(87)78(69)74-56-55-73(89-74)75-57-66-53-54-67-58-76(83(7,8)9)91-80(67)79(66)90-75/h46-47,52-60,63-65,88H,10-45,48-51,61-62H2,1-9H3/b47-46+,72-52-. The summed E-state index contributed by atoms with van der Waals surface area (Å²) in [4.78, 5) is 41.6. The van der Waals surface area contributed by atoms with E-state index in [4.69, 9.17) is 12.6 Å². The van der Waals surface area contributed by atoms with Gasteiger partial charge in [0.05, 0.1) is 31.9 Å². The van der Waals surface area contributed by atoms with Gasteiger partial charge in [-0.15, -0.1) is 46.6 Å². The van der Waals surface area contributed by atoms with Crippen molar-refractivity contribution in [1.82, 2.24) is 0 Å². The zero-order valence-electron chi connectivity index (χ0n) is 59.2. The van der Waals surface area contributed by atoms with Gasteiger partial charge in [-0.3, -0.25) is 9.59 Å². The van der Waals surface area contributed by atoms with Gasteiger partial charge in [0.1, 0.15) is 0 Å². The molecule has 91 heavy (non-hydrogen) atoms. The minimum absolute atomic E-state index is 0.0625. The first-order valence-corrected chi connectivity index (χ1v) is 40.9. The Hall–Kier alpha value is -3.43. The summed E-state index contributed by atoms with van der Waals surface area (Å²) in [6.07, 6.45) is 58.2. The number of nitrogens with zero attached hydrogens (tertiary/aromatic N) is 2. The molecule has 2 aliphatic heterocycles. The molecule has 2 unspecified atom stereocenters. The Morgan fingerprint density at radius 2 is 0.835 bits per heavy atom. The molecular formula is C83H126N2O2S4. The number of carbonyl (C=O) groups is 2. The minimum atomic E-state index is 0.0625. The zero-order chi connectivity index (χ0) is 64.8. The Kier molecular flexibility index (Phi) is 33.6. The van der Waals surface area contributed by atoms with Gasteiger partial charge in [-0.25, -0.2) is 0 Å². The molecular weight excluding hydrogens is 1190 g/mol. The fraction of sp³-hybridized carbons (Fsp3) is 0.663. The monoisotopic (exact) mass is 1310 g/mol. The molecule has 7 rings (SSSR count). The number of amides is 2. The Labute approximate surface area is 573 Å². The van der Waals surface area contributed by atoms with Gasteiger partial charge in [0.2, 0.25) is 0 Å². The summed E-state index contributed by atoms with van der Waals surface area (Å²) >= 11 is 10.9. The van der Waals surface area contributed by atoms with Gasteiger partial charge in [-0.2, -0.15) is 0 Å². The van der Waals surface area contributed by atoms with Crippen LogP contribution >= 0.6 is 46.6 Å². The highest BCUT2D eigenvalue weighted by molar-refractivity contribution is 7.85. The molecule has 0 aliphatic carbocycles. The van der Waals surface area contributed by atoms with Gasteiger partial charge in [-0.1, -0.05) is 318 Å². The largest absolute Gasteiger partial charge is 0.307 e. The Morgan fingerprint density at radius 3 is 1.27 bits per heavy atom. The average Bonchev–Trinajstić information content (AvgIpc) is 1.58. The first kappa shape index (κ1) is 75.0. The lowest BCUT2D eigenvalue weighted by molar-refractivity contribution is -0.114. The molecule has 3 aromatic heterocycles.